The molecule has 2 fully saturated rings. The van der Waals surface area contributed by atoms with Crippen LogP contribution in [0.15, 0.2) is 4.52 Å². The zero-order valence-electron chi connectivity index (χ0n) is 10.3. The number of hydrogen-bond acceptors (Lipinski definition) is 5. The van der Waals surface area contributed by atoms with Gasteiger partial charge in [0.2, 0.25) is 0 Å². The van der Waals surface area contributed by atoms with Crippen molar-refractivity contribution < 1.29 is 14.1 Å². The molecule has 3 rings (SSSR count). The molecule has 0 aromatic carbocycles. The Labute approximate surface area is 105 Å². The summed E-state index contributed by atoms with van der Waals surface area (Å²) in [7, 11) is 1.79. The molecule has 3 heterocycles. The summed E-state index contributed by atoms with van der Waals surface area (Å²) >= 11 is 0. The van der Waals surface area contributed by atoms with Gasteiger partial charge in [0.15, 0.2) is 5.82 Å². The third-order valence-electron chi connectivity index (χ3n) is 3.32. The first-order valence-electron chi connectivity index (χ1n) is 6.18. The minimum atomic E-state index is -0.0665. The van der Waals surface area contributed by atoms with Crippen LogP contribution in [0.5, 0.6) is 0 Å². The van der Waals surface area contributed by atoms with Crippen LogP contribution in [0.25, 0.3) is 0 Å². The molecule has 0 bridgehead atoms. The van der Waals surface area contributed by atoms with Crippen LogP contribution in [-0.2, 0) is 11.3 Å². The van der Waals surface area contributed by atoms with Gasteiger partial charge in [-0.2, -0.15) is 4.98 Å². The van der Waals surface area contributed by atoms with Crippen molar-refractivity contribution in [2.45, 2.75) is 25.5 Å². The first kappa shape index (κ1) is 11.5. The standard InChI is InChI=1S/C11H16N4O3/c1-14-4-5-15(11(14)16)7-9-12-10(18-13-9)8-3-2-6-17-8/h8H,2-7H2,1H3/t8-/m0/s1. The number of aromatic nitrogens is 2. The number of carbonyl (C=O) groups is 1. The molecule has 18 heavy (non-hydrogen) atoms. The van der Waals surface area contributed by atoms with E-state index in [1.54, 1.807) is 16.8 Å². The zero-order chi connectivity index (χ0) is 12.5. The molecule has 0 radical (unpaired) electrons. The summed E-state index contributed by atoms with van der Waals surface area (Å²) in [5, 5.41) is 3.91. The molecule has 0 aliphatic carbocycles. The van der Waals surface area contributed by atoms with Crippen molar-refractivity contribution >= 4 is 6.03 Å². The fourth-order valence-corrected chi connectivity index (χ4v) is 2.26. The second kappa shape index (κ2) is 4.56. The van der Waals surface area contributed by atoms with E-state index in [4.69, 9.17) is 9.26 Å². The molecule has 7 nitrogen and oxygen atoms in total. The van der Waals surface area contributed by atoms with E-state index in [0.717, 1.165) is 26.0 Å². The Hall–Kier alpha value is -1.63. The maximum Gasteiger partial charge on any atom is 0.320 e. The van der Waals surface area contributed by atoms with Gasteiger partial charge in [0.1, 0.15) is 6.10 Å². The molecule has 1 atom stereocenters. The summed E-state index contributed by atoms with van der Waals surface area (Å²) in [6, 6.07) is 0.0125. The predicted molar refractivity (Wildman–Crippen MR) is 60.7 cm³/mol. The number of nitrogens with zero attached hydrogens (tertiary/aromatic N) is 4. The van der Waals surface area contributed by atoms with Crippen molar-refractivity contribution in [2.75, 3.05) is 26.7 Å². The highest BCUT2D eigenvalue weighted by atomic mass is 16.5. The van der Waals surface area contributed by atoms with Crippen LogP contribution in [0.4, 0.5) is 4.79 Å². The lowest BCUT2D eigenvalue weighted by Crippen LogP contribution is -2.29. The minimum absolute atomic E-state index is 0.0125. The molecule has 2 saturated heterocycles. The fraction of sp³-hybridized carbons (Fsp3) is 0.727. The van der Waals surface area contributed by atoms with Gasteiger partial charge >= 0.3 is 6.03 Å². The van der Waals surface area contributed by atoms with E-state index in [2.05, 4.69) is 10.1 Å². The fourth-order valence-electron chi connectivity index (χ4n) is 2.26. The maximum atomic E-state index is 11.7. The van der Waals surface area contributed by atoms with Crippen LogP contribution in [0.2, 0.25) is 0 Å². The van der Waals surface area contributed by atoms with Gasteiger partial charge in [0.05, 0.1) is 6.54 Å². The van der Waals surface area contributed by atoms with Crippen LogP contribution in [0.1, 0.15) is 30.7 Å². The van der Waals surface area contributed by atoms with E-state index >= 15 is 0 Å². The first-order chi connectivity index (χ1) is 8.74. The van der Waals surface area contributed by atoms with Gasteiger partial charge in [-0.3, -0.25) is 0 Å². The van der Waals surface area contributed by atoms with Crippen LogP contribution >= 0.6 is 0 Å². The van der Waals surface area contributed by atoms with Gasteiger partial charge in [-0.25, -0.2) is 4.79 Å². The summed E-state index contributed by atoms with van der Waals surface area (Å²) in [6.07, 6.45) is 1.88. The first-order valence-corrected chi connectivity index (χ1v) is 6.18. The lowest BCUT2D eigenvalue weighted by molar-refractivity contribution is 0.0835. The average molecular weight is 252 g/mol. The molecule has 2 aliphatic rings. The van der Waals surface area contributed by atoms with Crippen molar-refractivity contribution in [3.05, 3.63) is 11.7 Å². The molecule has 0 N–H and O–H groups in total. The monoisotopic (exact) mass is 252 g/mol. The summed E-state index contributed by atoms with van der Waals surface area (Å²) in [5.74, 6) is 1.08. The Kier molecular flexibility index (Phi) is 2.91. The quantitative estimate of drug-likeness (QED) is 0.795. The molecule has 0 saturated carbocycles. The second-order valence-electron chi connectivity index (χ2n) is 4.68. The van der Waals surface area contributed by atoms with E-state index < -0.39 is 0 Å². The summed E-state index contributed by atoms with van der Waals surface area (Å²) in [4.78, 5) is 19.4. The highest BCUT2D eigenvalue weighted by molar-refractivity contribution is 5.76. The lowest BCUT2D eigenvalue weighted by atomic mass is 10.2. The molecule has 2 aliphatic heterocycles. The third kappa shape index (κ3) is 2.05. The molecule has 2 amide bonds. The van der Waals surface area contributed by atoms with Gasteiger partial charge in [-0.05, 0) is 12.8 Å². The van der Waals surface area contributed by atoms with Gasteiger partial charge in [0, 0.05) is 26.7 Å². The number of ether oxygens (including phenoxy) is 1. The van der Waals surface area contributed by atoms with Crippen molar-refractivity contribution in [1.82, 2.24) is 19.9 Å². The van der Waals surface area contributed by atoms with Gasteiger partial charge in [-0.15, -0.1) is 0 Å². The molecule has 0 spiro atoms. The topological polar surface area (TPSA) is 71.7 Å². The average Bonchev–Trinajstić information content (AvgIpc) is 3.06. The van der Waals surface area contributed by atoms with E-state index in [0.29, 0.717) is 24.8 Å². The molecule has 1 aromatic rings. The van der Waals surface area contributed by atoms with E-state index in [1.807, 2.05) is 0 Å². The number of hydrogen-bond donors (Lipinski definition) is 0. The molecule has 0 unspecified atom stereocenters. The largest absolute Gasteiger partial charge is 0.368 e. The number of rotatable bonds is 3. The number of likely N-dealkylation sites (N-methyl/N-ethyl adjacent to an activating group) is 1. The van der Waals surface area contributed by atoms with Crippen LogP contribution < -0.4 is 0 Å². The van der Waals surface area contributed by atoms with Crippen LogP contribution in [0, 0.1) is 0 Å². The summed E-state index contributed by atoms with van der Waals surface area (Å²) < 4.78 is 10.7. The van der Waals surface area contributed by atoms with E-state index in [9.17, 15) is 4.79 Å². The SMILES string of the molecule is CN1CCN(Cc2noc([C@@H]3CCCO3)n2)C1=O. The maximum absolute atomic E-state index is 11.7. The zero-order valence-corrected chi connectivity index (χ0v) is 10.3. The summed E-state index contributed by atoms with van der Waals surface area (Å²) in [6.45, 7) is 2.60. The van der Waals surface area contributed by atoms with E-state index in [1.165, 1.54) is 0 Å². The molecular formula is C11H16N4O3. The smallest absolute Gasteiger partial charge is 0.320 e. The van der Waals surface area contributed by atoms with Crippen LogP contribution in [-0.4, -0.2) is 52.7 Å². The Morgan fingerprint density at radius 2 is 2.33 bits per heavy atom. The molecule has 98 valence electrons. The Morgan fingerprint density at radius 1 is 1.44 bits per heavy atom. The van der Waals surface area contributed by atoms with Gasteiger partial charge in [-0.1, -0.05) is 5.16 Å². The Morgan fingerprint density at radius 3 is 3.00 bits per heavy atom. The summed E-state index contributed by atoms with van der Waals surface area (Å²) in [5.41, 5.74) is 0. The molecule has 1 aromatic heterocycles. The number of amides is 2. The Balaban J connectivity index is 1.65. The number of urea groups is 1. The van der Waals surface area contributed by atoms with Crippen molar-refractivity contribution in [3.8, 4) is 0 Å². The second-order valence-corrected chi connectivity index (χ2v) is 4.68. The molecule has 7 heteroatoms. The Bertz CT molecular complexity index is 441. The van der Waals surface area contributed by atoms with Gasteiger partial charge in [0.25, 0.3) is 5.89 Å². The van der Waals surface area contributed by atoms with Crippen LogP contribution in [0.3, 0.4) is 0 Å². The molecular weight excluding hydrogens is 236 g/mol. The minimum Gasteiger partial charge on any atom is -0.368 e. The van der Waals surface area contributed by atoms with Crippen molar-refractivity contribution in [3.63, 3.8) is 0 Å². The lowest BCUT2D eigenvalue weighted by Gasteiger charge is -2.12. The van der Waals surface area contributed by atoms with Crippen molar-refractivity contribution in [2.24, 2.45) is 0 Å². The van der Waals surface area contributed by atoms with E-state index in [-0.39, 0.29) is 12.1 Å². The number of carbonyl (C=O) groups excluding carboxylic acids is 1. The van der Waals surface area contributed by atoms with Gasteiger partial charge < -0.3 is 19.1 Å². The van der Waals surface area contributed by atoms with Crippen molar-refractivity contribution in [1.29, 1.82) is 0 Å². The third-order valence-corrected chi connectivity index (χ3v) is 3.32. The highest BCUT2D eigenvalue weighted by Gasteiger charge is 2.28. The highest BCUT2D eigenvalue weighted by Crippen LogP contribution is 2.27. The predicted octanol–water partition coefficient (Wildman–Crippen LogP) is 0.788. The normalized spacial score (nSPS) is 24.3.